The molecule has 132 valence electrons. The predicted octanol–water partition coefficient (Wildman–Crippen LogP) is 3.94. The Morgan fingerprint density at radius 3 is 2.88 bits per heavy atom. The number of rotatable bonds is 4. The molecule has 3 aromatic rings. The van der Waals surface area contributed by atoms with Gasteiger partial charge in [0.25, 0.3) is 5.91 Å². The molecular formula is C18H13FN2O4S. The first kappa shape index (κ1) is 16.3. The first-order chi connectivity index (χ1) is 12.6. The minimum Gasteiger partial charge on any atom is -0.494 e. The monoisotopic (exact) mass is 372 g/mol. The predicted molar refractivity (Wildman–Crippen MR) is 94.6 cm³/mol. The van der Waals surface area contributed by atoms with Gasteiger partial charge in [-0.1, -0.05) is 0 Å². The zero-order chi connectivity index (χ0) is 18.1. The summed E-state index contributed by atoms with van der Waals surface area (Å²) in [5.41, 5.74) is 1.73. The van der Waals surface area contributed by atoms with E-state index in [2.05, 4.69) is 10.3 Å². The maximum atomic E-state index is 13.7. The molecule has 1 aliphatic heterocycles. The number of carbonyl (C=O) groups is 1. The van der Waals surface area contributed by atoms with E-state index in [1.165, 1.54) is 30.6 Å². The van der Waals surface area contributed by atoms with Gasteiger partial charge in [-0.25, -0.2) is 9.37 Å². The Bertz CT molecular complexity index is 989. The lowest BCUT2D eigenvalue weighted by Gasteiger charge is -2.05. The molecule has 2 aromatic carbocycles. The van der Waals surface area contributed by atoms with Crippen molar-refractivity contribution in [2.45, 2.75) is 0 Å². The summed E-state index contributed by atoms with van der Waals surface area (Å²) in [6, 6.07) is 9.54. The lowest BCUT2D eigenvalue weighted by atomic mass is 10.1. The van der Waals surface area contributed by atoms with Crippen molar-refractivity contribution in [1.82, 2.24) is 4.98 Å². The van der Waals surface area contributed by atoms with Gasteiger partial charge in [0.15, 0.2) is 28.2 Å². The third kappa shape index (κ3) is 3.06. The lowest BCUT2D eigenvalue weighted by Crippen LogP contribution is -2.12. The number of thiazole rings is 1. The smallest absolute Gasteiger partial charge is 0.257 e. The van der Waals surface area contributed by atoms with Gasteiger partial charge in [0.05, 0.1) is 12.8 Å². The molecule has 2 heterocycles. The summed E-state index contributed by atoms with van der Waals surface area (Å²) in [4.78, 5) is 16.7. The molecule has 6 nitrogen and oxygen atoms in total. The third-order valence-corrected chi connectivity index (χ3v) is 4.56. The van der Waals surface area contributed by atoms with Crippen molar-refractivity contribution in [3.05, 3.63) is 53.2 Å². The van der Waals surface area contributed by atoms with Crippen molar-refractivity contribution in [2.75, 3.05) is 19.2 Å². The Morgan fingerprint density at radius 2 is 2.08 bits per heavy atom. The van der Waals surface area contributed by atoms with E-state index in [1.54, 1.807) is 0 Å². The van der Waals surface area contributed by atoms with Gasteiger partial charge in [0, 0.05) is 16.5 Å². The highest BCUT2D eigenvalue weighted by atomic mass is 32.1. The van der Waals surface area contributed by atoms with Crippen molar-refractivity contribution in [2.24, 2.45) is 0 Å². The molecule has 8 heteroatoms. The summed E-state index contributed by atoms with van der Waals surface area (Å²) in [5.74, 6) is 0.396. The van der Waals surface area contributed by atoms with Gasteiger partial charge in [-0.2, -0.15) is 0 Å². The second-order valence-corrected chi connectivity index (χ2v) is 6.27. The van der Waals surface area contributed by atoms with E-state index in [-0.39, 0.29) is 18.1 Å². The molecule has 0 unspecified atom stereocenters. The van der Waals surface area contributed by atoms with Gasteiger partial charge < -0.3 is 14.2 Å². The van der Waals surface area contributed by atoms with Crippen LogP contribution in [-0.2, 0) is 0 Å². The zero-order valence-corrected chi connectivity index (χ0v) is 14.4. The summed E-state index contributed by atoms with van der Waals surface area (Å²) in [7, 11) is 1.37. The Labute approximate surface area is 152 Å². The molecule has 0 fully saturated rings. The highest BCUT2D eigenvalue weighted by Gasteiger charge is 2.16. The van der Waals surface area contributed by atoms with E-state index in [4.69, 9.17) is 14.2 Å². The fraction of sp³-hybridized carbons (Fsp3) is 0.111. The van der Waals surface area contributed by atoms with Crippen LogP contribution in [0.5, 0.6) is 17.2 Å². The number of amides is 1. The molecular weight excluding hydrogens is 359 g/mol. The van der Waals surface area contributed by atoms with Crippen molar-refractivity contribution >= 4 is 22.4 Å². The number of hydrogen-bond donors (Lipinski definition) is 1. The number of halogens is 1. The van der Waals surface area contributed by atoms with E-state index < -0.39 is 11.7 Å². The van der Waals surface area contributed by atoms with E-state index in [0.29, 0.717) is 22.3 Å². The van der Waals surface area contributed by atoms with Crippen molar-refractivity contribution in [1.29, 1.82) is 0 Å². The van der Waals surface area contributed by atoms with Crippen LogP contribution < -0.4 is 19.5 Å². The average molecular weight is 372 g/mol. The number of ether oxygens (including phenoxy) is 3. The maximum Gasteiger partial charge on any atom is 0.257 e. The number of benzene rings is 2. The van der Waals surface area contributed by atoms with E-state index in [1.807, 2.05) is 23.6 Å². The van der Waals surface area contributed by atoms with Crippen LogP contribution in [0, 0.1) is 5.82 Å². The second kappa shape index (κ2) is 6.64. The Morgan fingerprint density at radius 1 is 1.23 bits per heavy atom. The topological polar surface area (TPSA) is 69.7 Å². The van der Waals surface area contributed by atoms with Crippen LogP contribution in [0.1, 0.15) is 10.4 Å². The van der Waals surface area contributed by atoms with Gasteiger partial charge in [-0.15, -0.1) is 11.3 Å². The number of methoxy groups -OCH3 is 1. The molecule has 0 bridgehead atoms. The number of aromatic nitrogens is 1. The third-order valence-electron chi connectivity index (χ3n) is 3.81. The van der Waals surface area contributed by atoms with Crippen LogP contribution in [0.2, 0.25) is 0 Å². The fourth-order valence-electron chi connectivity index (χ4n) is 2.50. The molecule has 0 atom stereocenters. The Hall–Kier alpha value is -3.13. The maximum absolute atomic E-state index is 13.7. The fourth-order valence-corrected chi connectivity index (χ4v) is 3.21. The van der Waals surface area contributed by atoms with Crippen molar-refractivity contribution in [3.8, 4) is 28.5 Å². The van der Waals surface area contributed by atoms with Crippen LogP contribution in [0.3, 0.4) is 0 Å². The molecule has 0 spiro atoms. The van der Waals surface area contributed by atoms with E-state index in [0.717, 1.165) is 11.6 Å². The van der Waals surface area contributed by atoms with Gasteiger partial charge in [0.2, 0.25) is 6.79 Å². The number of hydrogen-bond acceptors (Lipinski definition) is 6. The van der Waals surface area contributed by atoms with Gasteiger partial charge >= 0.3 is 0 Å². The normalized spacial score (nSPS) is 12.1. The Kier molecular flexibility index (Phi) is 4.18. The van der Waals surface area contributed by atoms with Crippen LogP contribution in [0.4, 0.5) is 9.52 Å². The summed E-state index contributed by atoms with van der Waals surface area (Å²) in [5, 5.41) is 4.91. The molecule has 4 rings (SSSR count). The number of carbonyl (C=O) groups excluding carboxylic acids is 1. The first-order valence-electron chi connectivity index (χ1n) is 7.64. The number of fused-ring (bicyclic) bond motifs is 1. The standard InChI is InChI=1S/C18H13FN2O4S/c1-23-14-4-3-11(6-12(14)19)17(22)21-18-20-13(8-26-18)10-2-5-15-16(7-10)25-9-24-15/h2-8H,9H2,1H3,(H,20,21,22). The van der Waals surface area contributed by atoms with E-state index in [9.17, 15) is 9.18 Å². The minimum atomic E-state index is -0.597. The van der Waals surface area contributed by atoms with Crippen molar-refractivity contribution < 1.29 is 23.4 Å². The quantitative estimate of drug-likeness (QED) is 0.751. The van der Waals surface area contributed by atoms with Crippen LogP contribution in [-0.4, -0.2) is 24.8 Å². The molecule has 1 amide bonds. The number of nitrogens with one attached hydrogen (secondary N) is 1. The van der Waals surface area contributed by atoms with Crippen LogP contribution in [0.15, 0.2) is 41.8 Å². The first-order valence-corrected chi connectivity index (χ1v) is 8.52. The molecule has 0 saturated carbocycles. The SMILES string of the molecule is COc1ccc(C(=O)Nc2nc(-c3ccc4c(c3)OCO4)cs2)cc1F. The summed E-state index contributed by atoms with van der Waals surface area (Å²) >= 11 is 1.28. The molecule has 1 aliphatic rings. The van der Waals surface area contributed by atoms with E-state index >= 15 is 0 Å². The number of anilines is 1. The van der Waals surface area contributed by atoms with Crippen molar-refractivity contribution in [3.63, 3.8) is 0 Å². The highest BCUT2D eigenvalue weighted by molar-refractivity contribution is 7.14. The van der Waals surface area contributed by atoms with Crippen LogP contribution in [0.25, 0.3) is 11.3 Å². The summed E-state index contributed by atoms with van der Waals surface area (Å²) in [6.07, 6.45) is 0. The Balaban J connectivity index is 1.51. The highest BCUT2D eigenvalue weighted by Crippen LogP contribution is 2.36. The lowest BCUT2D eigenvalue weighted by molar-refractivity contribution is 0.102. The van der Waals surface area contributed by atoms with Crippen LogP contribution >= 0.6 is 11.3 Å². The number of nitrogens with zero attached hydrogens (tertiary/aromatic N) is 1. The zero-order valence-electron chi connectivity index (χ0n) is 13.6. The largest absolute Gasteiger partial charge is 0.494 e. The molecule has 0 aliphatic carbocycles. The second-order valence-electron chi connectivity index (χ2n) is 5.41. The minimum absolute atomic E-state index is 0.0842. The van der Waals surface area contributed by atoms with Gasteiger partial charge in [0.1, 0.15) is 0 Å². The molecule has 1 N–H and O–H groups in total. The van der Waals surface area contributed by atoms with Gasteiger partial charge in [-0.3, -0.25) is 10.1 Å². The summed E-state index contributed by atoms with van der Waals surface area (Å²) in [6.45, 7) is 0.204. The average Bonchev–Trinajstić information content (AvgIpc) is 3.30. The summed E-state index contributed by atoms with van der Waals surface area (Å²) < 4.78 is 29.2. The van der Waals surface area contributed by atoms with Gasteiger partial charge in [-0.05, 0) is 36.4 Å². The molecule has 0 radical (unpaired) electrons. The molecule has 1 aromatic heterocycles. The molecule has 26 heavy (non-hydrogen) atoms. The molecule has 0 saturated heterocycles.